The van der Waals surface area contributed by atoms with Crippen molar-refractivity contribution in [2.45, 2.75) is 45.2 Å². The Morgan fingerprint density at radius 1 is 1.35 bits per heavy atom. The number of nitrogens with zero attached hydrogens (tertiary/aromatic N) is 3. The number of para-hydroxylation sites is 1. The molecule has 0 bridgehead atoms. The highest BCUT2D eigenvalue weighted by Crippen LogP contribution is 2.18. The summed E-state index contributed by atoms with van der Waals surface area (Å²) < 4.78 is 1.69. The zero-order valence-electron chi connectivity index (χ0n) is 13.7. The van der Waals surface area contributed by atoms with Crippen LogP contribution in [0.5, 0.6) is 0 Å². The van der Waals surface area contributed by atoms with Crippen molar-refractivity contribution in [3.63, 3.8) is 0 Å². The van der Waals surface area contributed by atoms with E-state index < -0.39 is 11.6 Å². The minimum atomic E-state index is -0.629. The third kappa shape index (κ3) is 4.77. The van der Waals surface area contributed by atoms with Gasteiger partial charge in [-0.2, -0.15) is 0 Å². The molecule has 2 aromatic rings. The van der Waals surface area contributed by atoms with Crippen LogP contribution in [-0.2, 0) is 10.3 Å². The van der Waals surface area contributed by atoms with E-state index in [1.807, 2.05) is 57.3 Å². The first-order chi connectivity index (χ1) is 10.4. The average Bonchev–Trinajstić information content (AvgIpc) is 2.98. The zero-order valence-corrected chi connectivity index (χ0v) is 14.5. The molecule has 2 rings (SSSR count). The molecule has 23 heavy (non-hydrogen) atoms. The van der Waals surface area contributed by atoms with Gasteiger partial charge < -0.3 is 11.1 Å². The molecule has 0 saturated carbocycles. The van der Waals surface area contributed by atoms with Crippen LogP contribution in [0.2, 0.25) is 0 Å². The van der Waals surface area contributed by atoms with Crippen LogP contribution in [0.4, 0.5) is 0 Å². The summed E-state index contributed by atoms with van der Waals surface area (Å²) in [7, 11) is 0. The van der Waals surface area contributed by atoms with Gasteiger partial charge >= 0.3 is 0 Å². The summed E-state index contributed by atoms with van der Waals surface area (Å²) in [5.74, 6) is -0.166. The van der Waals surface area contributed by atoms with Gasteiger partial charge in [0.2, 0.25) is 5.91 Å². The molecule has 3 N–H and O–H groups in total. The first kappa shape index (κ1) is 19.1. The molecule has 1 unspecified atom stereocenters. The van der Waals surface area contributed by atoms with E-state index in [1.54, 1.807) is 4.68 Å². The second-order valence-electron chi connectivity index (χ2n) is 5.89. The van der Waals surface area contributed by atoms with E-state index in [9.17, 15) is 4.79 Å². The van der Waals surface area contributed by atoms with Crippen molar-refractivity contribution in [3.05, 3.63) is 42.2 Å². The Bertz CT molecular complexity index is 626. The molecule has 0 spiro atoms. The number of benzene rings is 1. The molecule has 7 heteroatoms. The number of hydrogen-bond acceptors (Lipinski definition) is 4. The number of rotatable bonds is 6. The predicted octanol–water partition coefficient (Wildman–Crippen LogP) is 2.17. The van der Waals surface area contributed by atoms with Crippen LogP contribution >= 0.6 is 12.4 Å². The third-order valence-corrected chi connectivity index (χ3v) is 3.53. The maximum Gasteiger partial charge on any atom is 0.237 e. The molecule has 0 aliphatic carbocycles. The van der Waals surface area contributed by atoms with Crippen molar-refractivity contribution < 1.29 is 4.79 Å². The second kappa shape index (κ2) is 8.08. The van der Waals surface area contributed by atoms with Gasteiger partial charge in [0.1, 0.15) is 5.69 Å². The minimum absolute atomic E-state index is 0. The van der Waals surface area contributed by atoms with Gasteiger partial charge in [-0.1, -0.05) is 36.8 Å². The number of hydrogen-bond donors (Lipinski definition) is 2. The fourth-order valence-corrected chi connectivity index (χ4v) is 2.16. The van der Waals surface area contributed by atoms with Crippen molar-refractivity contribution in [1.29, 1.82) is 0 Å². The molecule has 0 aliphatic rings. The van der Waals surface area contributed by atoms with Crippen LogP contribution in [0.1, 0.15) is 39.3 Å². The summed E-state index contributed by atoms with van der Waals surface area (Å²) in [6, 6.07) is 9.22. The van der Waals surface area contributed by atoms with Gasteiger partial charge in [0, 0.05) is 0 Å². The number of aromatic nitrogens is 3. The van der Waals surface area contributed by atoms with Gasteiger partial charge in [-0.05, 0) is 32.4 Å². The molecule has 1 amide bonds. The fraction of sp³-hybridized carbons (Fsp3) is 0.438. The van der Waals surface area contributed by atoms with Crippen LogP contribution in [0, 0.1) is 0 Å². The lowest BCUT2D eigenvalue weighted by atomic mass is 10.0. The summed E-state index contributed by atoms with van der Waals surface area (Å²) >= 11 is 0. The minimum Gasteiger partial charge on any atom is -0.344 e. The predicted molar refractivity (Wildman–Crippen MR) is 92.7 cm³/mol. The van der Waals surface area contributed by atoms with E-state index in [4.69, 9.17) is 5.73 Å². The lowest BCUT2D eigenvalue weighted by Crippen LogP contribution is -2.49. The molecule has 1 heterocycles. The Labute approximate surface area is 142 Å². The molecule has 0 saturated heterocycles. The monoisotopic (exact) mass is 337 g/mol. The molecule has 6 nitrogen and oxygen atoms in total. The maximum absolute atomic E-state index is 12.1. The Balaban J connectivity index is 0.00000264. The number of nitrogens with two attached hydrogens (primary N) is 1. The zero-order chi connectivity index (χ0) is 16.2. The smallest absolute Gasteiger partial charge is 0.237 e. The highest BCUT2D eigenvalue weighted by atomic mass is 35.5. The van der Waals surface area contributed by atoms with Gasteiger partial charge in [0.05, 0.1) is 23.5 Å². The van der Waals surface area contributed by atoms with Gasteiger partial charge in [0.25, 0.3) is 0 Å². The van der Waals surface area contributed by atoms with Crippen LogP contribution in [0.15, 0.2) is 36.5 Å². The van der Waals surface area contributed by atoms with Gasteiger partial charge in [-0.15, -0.1) is 17.5 Å². The molecule has 1 aromatic carbocycles. The lowest BCUT2D eigenvalue weighted by molar-refractivity contribution is -0.124. The third-order valence-electron chi connectivity index (χ3n) is 3.53. The largest absolute Gasteiger partial charge is 0.344 e. The molecular formula is C16H24ClN5O. The maximum atomic E-state index is 12.1. The molecule has 126 valence electrons. The van der Waals surface area contributed by atoms with Crippen molar-refractivity contribution in [1.82, 2.24) is 20.3 Å². The van der Waals surface area contributed by atoms with E-state index in [0.29, 0.717) is 12.1 Å². The first-order valence-electron chi connectivity index (χ1n) is 7.50. The molecule has 1 atom stereocenters. The molecule has 0 radical (unpaired) electrons. The quantitative estimate of drug-likeness (QED) is 0.845. The normalized spacial score (nSPS) is 12.3. The first-order valence-corrected chi connectivity index (χ1v) is 7.50. The number of carbonyl (C=O) groups is 1. The van der Waals surface area contributed by atoms with E-state index in [0.717, 1.165) is 12.1 Å². The highest BCUT2D eigenvalue weighted by Gasteiger charge is 2.28. The highest BCUT2D eigenvalue weighted by molar-refractivity contribution is 5.85. The summed E-state index contributed by atoms with van der Waals surface area (Å²) in [4.78, 5) is 12.1. The summed E-state index contributed by atoms with van der Waals surface area (Å²) in [5, 5.41) is 11.2. The number of amides is 1. The van der Waals surface area contributed by atoms with Crippen molar-refractivity contribution in [3.8, 4) is 5.69 Å². The summed E-state index contributed by atoms with van der Waals surface area (Å²) in [5.41, 5.74) is 6.84. The molecule has 1 aromatic heterocycles. The fourth-order valence-electron chi connectivity index (χ4n) is 2.16. The van der Waals surface area contributed by atoms with Crippen LogP contribution in [0.3, 0.4) is 0 Å². The molecule has 0 fully saturated rings. The second-order valence-corrected chi connectivity index (χ2v) is 5.89. The Hall–Kier alpha value is -1.92. The molecular weight excluding hydrogens is 314 g/mol. The molecule has 0 aliphatic heterocycles. The van der Waals surface area contributed by atoms with Crippen LogP contribution < -0.4 is 11.1 Å². The van der Waals surface area contributed by atoms with Crippen LogP contribution in [0.25, 0.3) is 5.69 Å². The average molecular weight is 338 g/mol. The van der Waals surface area contributed by atoms with Gasteiger partial charge in [-0.3, -0.25) is 4.79 Å². The summed E-state index contributed by atoms with van der Waals surface area (Å²) in [6.45, 7) is 5.79. The number of halogens is 1. The number of nitrogens with one attached hydrogen (secondary N) is 1. The lowest BCUT2D eigenvalue weighted by Gasteiger charge is -2.25. The van der Waals surface area contributed by atoms with E-state index in [1.165, 1.54) is 0 Å². The topological polar surface area (TPSA) is 85.8 Å². The van der Waals surface area contributed by atoms with Crippen molar-refractivity contribution in [2.75, 3.05) is 0 Å². The van der Waals surface area contributed by atoms with E-state index in [-0.39, 0.29) is 18.3 Å². The Morgan fingerprint density at radius 3 is 2.61 bits per heavy atom. The van der Waals surface area contributed by atoms with Crippen LogP contribution in [-0.4, -0.2) is 26.9 Å². The van der Waals surface area contributed by atoms with Crippen molar-refractivity contribution >= 4 is 18.3 Å². The van der Waals surface area contributed by atoms with Gasteiger partial charge in [-0.25, -0.2) is 4.68 Å². The Morgan fingerprint density at radius 2 is 2.00 bits per heavy atom. The number of carbonyl (C=O) groups excluding carboxylic acids is 1. The standard InChI is InChI=1S/C16H23N5O.ClH/c1-4-8-13(17)15(22)18-16(2,3)14-11-21(20-19-14)12-9-6-5-7-10-12;/h5-7,9-11,13H,4,8,17H2,1-3H3,(H,18,22);1H. The van der Waals surface area contributed by atoms with Crippen molar-refractivity contribution in [2.24, 2.45) is 5.73 Å². The van der Waals surface area contributed by atoms with E-state index in [2.05, 4.69) is 15.6 Å². The Kier molecular flexibility index (Phi) is 6.72. The van der Waals surface area contributed by atoms with Gasteiger partial charge in [0.15, 0.2) is 0 Å². The van der Waals surface area contributed by atoms with E-state index >= 15 is 0 Å². The summed E-state index contributed by atoms with van der Waals surface area (Å²) in [6.07, 6.45) is 3.36. The SMILES string of the molecule is CCCC(N)C(=O)NC(C)(C)c1cn(-c2ccccc2)nn1.Cl.